The quantitative estimate of drug-likeness (QED) is 0.860. The van der Waals surface area contributed by atoms with E-state index in [1.54, 1.807) is 12.1 Å². The second-order valence-corrected chi connectivity index (χ2v) is 6.40. The van der Waals surface area contributed by atoms with Crippen molar-refractivity contribution in [3.63, 3.8) is 0 Å². The van der Waals surface area contributed by atoms with Gasteiger partial charge in [-0.2, -0.15) is 0 Å². The number of halogens is 1. The van der Waals surface area contributed by atoms with E-state index in [1.165, 1.54) is 12.1 Å². The van der Waals surface area contributed by atoms with Gasteiger partial charge in [0.1, 0.15) is 5.82 Å². The fourth-order valence-electron chi connectivity index (χ4n) is 3.02. The molecule has 1 aliphatic heterocycles. The van der Waals surface area contributed by atoms with Gasteiger partial charge in [0.15, 0.2) is 0 Å². The largest absolute Gasteiger partial charge is 0.396 e. The molecular formula is C22H22FNO. The van der Waals surface area contributed by atoms with Crippen molar-refractivity contribution in [1.29, 1.82) is 0 Å². The van der Waals surface area contributed by atoms with E-state index in [9.17, 15) is 9.50 Å². The molecule has 0 unspecified atom stereocenters. The lowest BCUT2D eigenvalue weighted by Crippen LogP contribution is -2.33. The third-order valence-corrected chi connectivity index (χ3v) is 4.65. The van der Waals surface area contributed by atoms with E-state index in [-0.39, 0.29) is 12.4 Å². The Kier molecular flexibility index (Phi) is 5.53. The van der Waals surface area contributed by atoms with E-state index in [4.69, 9.17) is 0 Å². The molecule has 0 saturated carbocycles. The summed E-state index contributed by atoms with van der Waals surface area (Å²) in [7, 11) is 0. The molecule has 1 saturated heterocycles. The summed E-state index contributed by atoms with van der Waals surface area (Å²) in [4.78, 5) is 2.28. The van der Waals surface area contributed by atoms with Crippen molar-refractivity contribution < 1.29 is 9.50 Å². The van der Waals surface area contributed by atoms with Crippen LogP contribution in [0.5, 0.6) is 0 Å². The molecule has 0 atom stereocenters. The summed E-state index contributed by atoms with van der Waals surface area (Å²) in [5.41, 5.74) is 3.65. The van der Waals surface area contributed by atoms with Gasteiger partial charge in [-0.3, -0.25) is 0 Å². The average molecular weight is 335 g/mol. The molecular weight excluding hydrogens is 313 g/mol. The minimum atomic E-state index is -0.275. The van der Waals surface area contributed by atoms with Gasteiger partial charge >= 0.3 is 0 Å². The van der Waals surface area contributed by atoms with Crippen LogP contribution in [0.2, 0.25) is 0 Å². The number of hydrogen-bond donors (Lipinski definition) is 1. The zero-order valence-electron chi connectivity index (χ0n) is 14.2. The fourth-order valence-corrected chi connectivity index (χ4v) is 3.02. The van der Waals surface area contributed by atoms with Crippen molar-refractivity contribution in [3.05, 3.63) is 77.6 Å². The molecule has 2 aromatic rings. The molecule has 0 aromatic heterocycles. The Bertz CT molecular complexity index is 793. The van der Waals surface area contributed by atoms with Crippen LogP contribution >= 0.6 is 0 Å². The average Bonchev–Trinajstić information content (AvgIpc) is 2.66. The van der Waals surface area contributed by atoms with E-state index >= 15 is 0 Å². The predicted molar refractivity (Wildman–Crippen MR) is 99.2 cm³/mol. The van der Waals surface area contributed by atoms with Gasteiger partial charge in [-0.15, -0.1) is 0 Å². The SMILES string of the molecule is C=C(c1ccc(C#Cc2cccc(F)c2)cc1)N1CCC(CO)CC1. The van der Waals surface area contributed by atoms with Gasteiger partial charge in [0.25, 0.3) is 0 Å². The molecule has 1 aliphatic rings. The zero-order chi connectivity index (χ0) is 17.6. The minimum Gasteiger partial charge on any atom is -0.396 e. The molecule has 3 rings (SSSR count). The van der Waals surface area contributed by atoms with E-state index in [2.05, 4.69) is 23.3 Å². The molecule has 0 spiro atoms. The van der Waals surface area contributed by atoms with Gasteiger partial charge in [-0.05, 0) is 54.7 Å². The molecule has 2 nitrogen and oxygen atoms in total. The highest BCUT2D eigenvalue weighted by atomic mass is 19.1. The number of likely N-dealkylation sites (tertiary alicyclic amines) is 1. The van der Waals surface area contributed by atoms with Crippen LogP contribution in [0.25, 0.3) is 5.70 Å². The van der Waals surface area contributed by atoms with Crippen LogP contribution in [0.3, 0.4) is 0 Å². The van der Waals surface area contributed by atoms with Crippen LogP contribution in [-0.4, -0.2) is 29.7 Å². The van der Waals surface area contributed by atoms with Crippen LogP contribution in [0.4, 0.5) is 4.39 Å². The van der Waals surface area contributed by atoms with Crippen molar-refractivity contribution in [2.45, 2.75) is 12.8 Å². The summed E-state index contributed by atoms with van der Waals surface area (Å²) < 4.78 is 13.2. The van der Waals surface area contributed by atoms with Gasteiger partial charge in [0.2, 0.25) is 0 Å². The molecule has 1 N–H and O–H groups in total. The molecule has 3 heteroatoms. The number of piperidine rings is 1. The number of nitrogens with zero attached hydrogens (tertiary/aromatic N) is 1. The van der Waals surface area contributed by atoms with Crippen LogP contribution in [0, 0.1) is 23.6 Å². The summed E-state index contributed by atoms with van der Waals surface area (Å²) in [5.74, 6) is 6.18. The first-order chi connectivity index (χ1) is 12.2. The summed E-state index contributed by atoms with van der Waals surface area (Å²) in [5, 5.41) is 9.24. The molecule has 25 heavy (non-hydrogen) atoms. The molecule has 0 radical (unpaired) electrons. The Morgan fingerprint density at radius 3 is 2.40 bits per heavy atom. The summed E-state index contributed by atoms with van der Waals surface area (Å²) >= 11 is 0. The third-order valence-electron chi connectivity index (χ3n) is 4.65. The molecule has 0 bridgehead atoms. The van der Waals surface area contributed by atoms with Gasteiger partial charge in [0, 0.05) is 36.5 Å². The van der Waals surface area contributed by atoms with Crippen LogP contribution in [0.1, 0.15) is 29.5 Å². The Hall–Kier alpha value is -2.57. The molecule has 0 amide bonds. The Morgan fingerprint density at radius 2 is 1.76 bits per heavy atom. The first-order valence-electron chi connectivity index (χ1n) is 8.58. The van der Waals surface area contributed by atoms with Gasteiger partial charge in [-0.1, -0.05) is 36.6 Å². The number of benzene rings is 2. The van der Waals surface area contributed by atoms with Crippen molar-refractivity contribution in [3.8, 4) is 11.8 Å². The maximum Gasteiger partial charge on any atom is 0.124 e. The lowest BCUT2D eigenvalue weighted by Gasteiger charge is -2.34. The normalized spacial score (nSPS) is 14.7. The molecule has 2 aromatic carbocycles. The molecule has 1 heterocycles. The van der Waals surface area contributed by atoms with Crippen molar-refractivity contribution in [1.82, 2.24) is 4.90 Å². The van der Waals surface area contributed by atoms with Crippen LogP contribution in [0.15, 0.2) is 55.1 Å². The predicted octanol–water partition coefficient (Wildman–Crippen LogP) is 3.90. The van der Waals surface area contributed by atoms with E-state index < -0.39 is 0 Å². The highest BCUT2D eigenvalue weighted by Crippen LogP contribution is 2.24. The van der Waals surface area contributed by atoms with E-state index in [0.29, 0.717) is 11.5 Å². The van der Waals surface area contributed by atoms with E-state index in [1.807, 2.05) is 24.3 Å². The molecule has 128 valence electrons. The first-order valence-corrected chi connectivity index (χ1v) is 8.58. The Labute approximate surface area is 148 Å². The van der Waals surface area contributed by atoms with Crippen molar-refractivity contribution in [2.75, 3.05) is 19.7 Å². The summed E-state index contributed by atoms with van der Waals surface area (Å²) in [6, 6.07) is 14.3. The lowest BCUT2D eigenvalue weighted by atomic mass is 9.96. The van der Waals surface area contributed by atoms with Crippen LogP contribution < -0.4 is 0 Å². The smallest absolute Gasteiger partial charge is 0.124 e. The first kappa shape index (κ1) is 17.3. The Balaban J connectivity index is 1.65. The maximum absolute atomic E-state index is 13.2. The lowest BCUT2D eigenvalue weighted by molar-refractivity contribution is 0.162. The van der Waals surface area contributed by atoms with Gasteiger partial charge in [-0.25, -0.2) is 4.39 Å². The molecule has 0 aliphatic carbocycles. The second-order valence-electron chi connectivity index (χ2n) is 6.40. The topological polar surface area (TPSA) is 23.5 Å². The summed E-state index contributed by atoms with van der Waals surface area (Å²) in [6.45, 7) is 6.37. The highest BCUT2D eigenvalue weighted by molar-refractivity contribution is 5.63. The van der Waals surface area contributed by atoms with Crippen molar-refractivity contribution >= 4 is 5.70 Å². The van der Waals surface area contributed by atoms with Crippen molar-refractivity contribution in [2.24, 2.45) is 5.92 Å². The van der Waals surface area contributed by atoms with Gasteiger partial charge in [0.05, 0.1) is 0 Å². The Morgan fingerprint density at radius 1 is 1.08 bits per heavy atom. The number of hydrogen-bond acceptors (Lipinski definition) is 2. The van der Waals surface area contributed by atoms with E-state index in [0.717, 1.165) is 42.8 Å². The minimum absolute atomic E-state index is 0.275. The second kappa shape index (κ2) is 8.00. The highest BCUT2D eigenvalue weighted by Gasteiger charge is 2.19. The standard InChI is InChI=1S/C22H22FNO/c1-17(24-13-11-20(16-25)12-14-24)21-9-7-18(8-10-21)5-6-19-3-2-4-22(23)15-19/h2-4,7-10,15,20,25H,1,11-14,16H2. The van der Waals surface area contributed by atoms with Gasteiger partial charge < -0.3 is 10.0 Å². The number of aliphatic hydroxyl groups excluding tert-OH is 1. The number of aliphatic hydroxyl groups is 1. The number of rotatable bonds is 3. The maximum atomic E-state index is 13.2. The third kappa shape index (κ3) is 4.49. The monoisotopic (exact) mass is 335 g/mol. The fraction of sp³-hybridized carbons (Fsp3) is 0.273. The molecule has 1 fully saturated rings. The summed E-state index contributed by atoms with van der Waals surface area (Å²) in [6.07, 6.45) is 2.01. The zero-order valence-corrected chi connectivity index (χ0v) is 14.2. The van der Waals surface area contributed by atoms with Crippen LogP contribution in [-0.2, 0) is 0 Å².